The van der Waals surface area contributed by atoms with Crippen LogP contribution in [0.5, 0.6) is 0 Å². The summed E-state index contributed by atoms with van der Waals surface area (Å²) in [6.45, 7) is 5.25. The summed E-state index contributed by atoms with van der Waals surface area (Å²) < 4.78 is 11.5. The minimum atomic E-state index is 0.0559. The fourth-order valence-electron chi connectivity index (χ4n) is 1.95. The van der Waals surface area contributed by atoms with Gasteiger partial charge >= 0.3 is 0 Å². The summed E-state index contributed by atoms with van der Waals surface area (Å²) in [6.07, 6.45) is 12.9. The molecule has 0 aromatic rings. The molecule has 2 atom stereocenters. The molecule has 0 aliphatic carbocycles. The maximum atomic E-state index is 5.91. The molecule has 0 amide bonds. The van der Waals surface area contributed by atoms with Gasteiger partial charge in [-0.1, -0.05) is 38.8 Å². The number of ether oxygens (including phenoxy) is 2. The van der Waals surface area contributed by atoms with E-state index in [1.165, 1.54) is 19.3 Å². The second kappa shape index (κ2) is 8.77. The van der Waals surface area contributed by atoms with Crippen molar-refractivity contribution in [1.29, 1.82) is 0 Å². The summed E-state index contributed by atoms with van der Waals surface area (Å²) in [4.78, 5) is 0. The number of hydrogen-bond acceptors (Lipinski definition) is 2. The zero-order chi connectivity index (χ0) is 11.6. The predicted molar refractivity (Wildman–Crippen MR) is 67.4 cm³/mol. The van der Waals surface area contributed by atoms with E-state index < -0.39 is 0 Å². The van der Waals surface area contributed by atoms with Crippen molar-refractivity contribution in [2.75, 3.05) is 6.61 Å². The van der Waals surface area contributed by atoms with Crippen molar-refractivity contribution in [2.45, 2.75) is 71.2 Å². The van der Waals surface area contributed by atoms with Gasteiger partial charge in [-0.15, -0.1) is 0 Å². The third kappa shape index (κ3) is 5.66. The second-order valence-corrected chi connectivity index (χ2v) is 4.46. The van der Waals surface area contributed by atoms with E-state index in [9.17, 15) is 0 Å². The Morgan fingerprint density at radius 2 is 2.06 bits per heavy atom. The van der Waals surface area contributed by atoms with Gasteiger partial charge in [-0.3, -0.25) is 0 Å². The first-order chi connectivity index (χ1) is 7.86. The van der Waals surface area contributed by atoms with Gasteiger partial charge in [-0.25, -0.2) is 0 Å². The van der Waals surface area contributed by atoms with E-state index in [4.69, 9.17) is 9.47 Å². The maximum Gasteiger partial charge on any atom is 0.157 e. The fourth-order valence-corrected chi connectivity index (χ4v) is 1.95. The van der Waals surface area contributed by atoms with E-state index in [1.807, 2.05) is 0 Å². The highest BCUT2D eigenvalue weighted by Gasteiger charge is 2.21. The largest absolute Gasteiger partial charge is 0.353 e. The molecule has 1 rings (SSSR count). The Kier molecular flexibility index (Phi) is 7.52. The van der Waals surface area contributed by atoms with Gasteiger partial charge in [-0.05, 0) is 32.1 Å². The maximum absolute atomic E-state index is 5.91. The molecule has 94 valence electrons. The summed E-state index contributed by atoms with van der Waals surface area (Å²) >= 11 is 0. The summed E-state index contributed by atoms with van der Waals surface area (Å²) in [5.41, 5.74) is 0. The molecule has 0 spiro atoms. The molecular weight excluding hydrogens is 200 g/mol. The van der Waals surface area contributed by atoms with E-state index >= 15 is 0 Å². The molecule has 16 heavy (non-hydrogen) atoms. The summed E-state index contributed by atoms with van der Waals surface area (Å²) in [7, 11) is 0. The molecule has 1 saturated heterocycles. The van der Waals surface area contributed by atoms with Gasteiger partial charge in [-0.2, -0.15) is 0 Å². The first-order valence-electron chi connectivity index (χ1n) is 6.78. The molecule has 0 aromatic heterocycles. The van der Waals surface area contributed by atoms with Crippen molar-refractivity contribution >= 4 is 0 Å². The minimum Gasteiger partial charge on any atom is -0.353 e. The first kappa shape index (κ1) is 13.7. The molecule has 0 radical (unpaired) electrons. The molecule has 0 N–H and O–H groups in total. The zero-order valence-electron chi connectivity index (χ0n) is 10.8. The van der Waals surface area contributed by atoms with Crippen molar-refractivity contribution < 1.29 is 9.47 Å². The Hall–Kier alpha value is -0.340. The Balaban J connectivity index is 2.16. The quantitative estimate of drug-likeness (QED) is 0.481. The van der Waals surface area contributed by atoms with E-state index in [0.29, 0.717) is 6.10 Å². The second-order valence-electron chi connectivity index (χ2n) is 4.46. The first-order valence-corrected chi connectivity index (χ1v) is 6.78. The Labute approximate surface area is 100 Å². The third-order valence-electron chi connectivity index (χ3n) is 2.93. The molecule has 0 unspecified atom stereocenters. The number of hydrogen-bond donors (Lipinski definition) is 0. The lowest BCUT2D eigenvalue weighted by Gasteiger charge is -2.29. The van der Waals surface area contributed by atoms with Crippen LogP contribution in [0.2, 0.25) is 0 Å². The van der Waals surface area contributed by atoms with Gasteiger partial charge in [0.05, 0.1) is 12.7 Å². The van der Waals surface area contributed by atoms with Crippen LogP contribution in [0.1, 0.15) is 58.8 Å². The van der Waals surface area contributed by atoms with Crippen molar-refractivity contribution in [3.05, 3.63) is 12.2 Å². The highest BCUT2D eigenvalue weighted by molar-refractivity contribution is 4.84. The molecule has 1 aliphatic heterocycles. The van der Waals surface area contributed by atoms with Crippen molar-refractivity contribution in [3.63, 3.8) is 0 Å². The average molecular weight is 226 g/mol. The highest BCUT2D eigenvalue weighted by atomic mass is 16.7. The normalized spacial score (nSPS) is 26.4. The lowest BCUT2D eigenvalue weighted by molar-refractivity contribution is -0.213. The topological polar surface area (TPSA) is 18.5 Å². The van der Waals surface area contributed by atoms with Crippen LogP contribution >= 0.6 is 0 Å². The predicted octanol–water partition coefficient (Wildman–Crippen LogP) is 4.05. The van der Waals surface area contributed by atoms with Gasteiger partial charge in [0.2, 0.25) is 0 Å². The Bertz CT molecular complexity index is 189. The standard InChI is InChI=1S/C14H26O2/c1-3-5-7-9-13-11-12-15-14(16-13)10-8-6-4-2/h5,7,13-14H,3-4,6,8-12H2,1-2H3/b7-5+/t13-,14-/m1/s1. The Morgan fingerprint density at radius 3 is 2.81 bits per heavy atom. The van der Waals surface area contributed by atoms with E-state index in [2.05, 4.69) is 26.0 Å². The van der Waals surface area contributed by atoms with E-state index in [-0.39, 0.29) is 6.29 Å². The van der Waals surface area contributed by atoms with Gasteiger partial charge in [0, 0.05) is 0 Å². The van der Waals surface area contributed by atoms with E-state index in [1.54, 1.807) is 0 Å². The molecule has 1 aliphatic rings. The number of allylic oxidation sites excluding steroid dienone is 1. The number of rotatable bonds is 7. The van der Waals surface area contributed by atoms with Gasteiger partial charge in [0.25, 0.3) is 0 Å². The van der Waals surface area contributed by atoms with Crippen molar-refractivity contribution in [3.8, 4) is 0 Å². The fraction of sp³-hybridized carbons (Fsp3) is 0.857. The molecule has 1 fully saturated rings. The van der Waals surface area contributed by atoms with Crippen molar-refractivity contribution in [2.24, 2.45) is 0 Å². The SMILES string of the molecule is CC/C=C/C[C@@H]1CCO[C@@H](CCCCC)O1. The van der Waals surface area contributed by atoms with Crippen LogP contribution < -0.4 is 0 Å². The van der Waals surface area contributed by atoms with Crippen LogP contribution in [0.25, 0.3) is 0 Å². The molecule has 1 heterocycles. The zero-order valence-corrected chi connectivity index (χ0v) is 10.8. The van der Waals surface area contributed by atoms with Crippen LogP contribution in [0, 0.1) is 0 Å². The van der Waals surface area contributed by atoms with Crippen LogP contribution in [0.3, 0.4) is 0 Å². The third-order valence-corrected chi connectivity index (χ3v) is 2.93. The van der Waals surface area contributed by atoms with Gasteiger partial charge < -0.3 is 9.47 Å². The lowest BCUT2D eigenvalue weighted by atomic mass is 10.1. The van der Waals surface area contributed by atoms with Gasteiger partial charge in [0.15, 0.2) is 6.29 Å². The summed E-state index contributed by atoms with van der Waals surface area (Å²) in [5.74, 6) is 0. The van der Waals surface area contributed by atoms with Crippen LogP contribution in [0.15, 0.2) is 12.2 Å². The van der Waals surface area contributed by atoms with Crippen molar-refractivity contribution in [1.82, 2.24) is 0 Å². The smallest absolute Gasteiger partial charge is 0.157 e. The number of unbranched alkanes of at least 4 members (excludes halogenated alkanes) is 2. The summed E-state index contributed by atoms with van der Waals surface area (Å²) in [5, 5.41) is 0. The van der Waals surface area contributed by atoms with E-state index in [0.717, 1.165) is 32.3 Å². The molecule has 0 saturated carbocycles. The van der Waals surface area contributed by atoms with Crippen LogP contribution in [0.4, 0.5) is 0 Å². The Morgan fingerprint density at radius 1 is 1.19 bits per heavy atom. The molecule has 2 heteroatoms. The molecule has 2 nitrogen and oxygen atoms in total. The summed E-state index contributed by atoms with van der Waals surface area (Å²) in [6, 6.07) is 0. The van der Waals surface area contributed by atoms with Gasteiger partial charge in [0.1, 0.15) is 0 Å². The molecule has 0 aromatic carbocycles. The van der Waals surface area contributed by atoms with Crippen LogP contribution in [-0.4, -0.2) is 19.0 Å². The molecule has 0 bridgehead atoms. The highest BCUT2D eigenvalue weighted by Crippen LogP contribution is 2.19. The monoisotopic (exact) mass is 226 g/mol. The van der Waals surface area contributed by atoms with Crippen LogP contribution in [-0.2, 0) is 9.47 Å². The molecular formula is C14H26O2. The lowest BCUT2D eigenvalue weighted by Crippen LogP contribution is -2.31. The minimum absolute atomic E-state index is 0.0559. The average Bonchev–Trinajstić information content (AvgIpc) is 2.30.